The van der Waals surface area contributed by atoms with Gasteiger partial charge in [0.05, 0.1) is 12.9 Å². The molecule has 2 heterocycles. The number of aromatic amines is 1. The first-order valence-electron chi connectivity index (χ1n) is 3.59. The van der Waals surface area contributed by atoms with Gasteiger partial charge in [-0.2, -0.15) is 5.21 Å². The van der Waals surface area contributed by atoms with Gasteiger partial charge in [-0.15, -0.1) is 10.2 Å². The Kier molecular flexibility index (Phi) is 1.83. The van der Waals surface area contributed by atoms with Crippen molar-refractivity contribution in [3.8, 4) is 0 Å². The van der Waals surface area contributed by atoms with Crippen LogP contribution in [0.4, 0.5) is 0 Å². The van der Waals surface area contributed by atoms with Gasteiger partial charge in [-0.3, -0.25) is 9.36 Å². The molecule has 7 heteroatoms. The summed E-state index contributed by atoms with van der Waals surface area (Å²) in [6.07, 6.45) is 2.87. The van der Waals surface area contributed by atoms with E-state index in [1.165, 1.54) is 23.2 Å². The molecular weight excluding hydrogens is 172 g/mol. The molecule has 0 aliphatic heterocycles. The average molecular weight is 178 g/mol. The monoisotopic (exact) mass is 178 g/mol. The predicted octanol–water partition coefficient (Wildman–Crippen LogP) is -1.20. The van der Waals surface area contributed by atoms with E-state index >= 15 is 0 Å². The van der Waals surface area contributed by atoms with Crippen molar-refractivity contribution in [3.63, 3.8) is 0 Å². The highest BCUT2D eigenvalue weighted by Crippen LogP contribution is 1.86. The van der Waals surface area contributed by atoms with Gasteiger partial charge in [-0.05, 0) is 0 Å². The Balaban J connectivity index is 2.29. The Bertz CT molecular complexity index is 432. The van der Waals surface area contributed by atoms with Crippen LogP contribution in [0.2, 0.25) is 0 Å². The second-order valence-electron chi connectivity index (χ2n) is 2.37. The highest BCUT2D eigenvalue weighted by Gasteiger charge is 2.00. The zero-order valence-electron chi connectivity index (χ0n) is 6.58. The van der Waals surface area contributed by atoms with Gasteiger partial charge in [0.1, 0.15) is 0 Å². The number of hydrogen-bond acceptors (Lipinski definition) is 5. The third-order valence-corrected chi connectivity index (χ3v) is 1.49. The number of aromatic nitrogens is 6. The fraction of sp³-hybridized carbons (Fsp3) is 0.167. The average Bonchev–Trinajstić information content (AvgIpc) is 2.61. The van der Waals surface area contributed by atoms with Crippen LogP contribution in [-0.2, 0) is 6.54 Å². The van der Waals surface area contributed by atoms with Crippen molar-refractivity contribution >= 4 is 0 Å². The molecule has 0 saturated heterocycles. The number of nitrogens with one attached hydrogen (secondary N) is 1. The van der Waals surface area contributed by atoms with Crippen molar-refractivity contribution < 1.29 is 0 Å². The standard InChI is InChI=1S/C6H6N6O/c13-6-1-2-7-4-12(6)3-5-8-10-11-9-5/h1-2,4H,3H2,(H,8,9,10,11). The molecular formula is C6H6N6O. The third-order valence-electron chi connectivity index (χ3n) is 1.49. The van der Waals surface area contributed by atoms with Gasteiger partial charge in [0.25, 0.3) is 5.56 Å². The molecule has 1 N–H and O–H groups in total. The molecule has 7 nitrogen and oxygen atoms in total. The molecule has 66 valence electrons. The third kappa shape index (κ3) is 1.58. The molecule has 2 aromatic heterocycles. The van der Waals surface area contributed by atoms with Gasteiger partial charge in [0.2, 0.25) is 0 Å². The molecule has 0 atom stereocenters. The summed E-state index contributed by atoms with van der Waals surface area (Å²) in [5.41, 5.74) is -0.139. The minimum atomic E-state index is -0.139. The van der Waals surface area contributed by atoms with Crippen molar-refractivity contribution in [3.05, 3.63) is 34.8 Å². The van der Waals surface area contributed by atoms with E-state index in [9.17, 15) is 4.79 Å². The first-order chi connectivity index (χ1) is 6.36. The van der Waals surface area contributed by atoms with E-state index in [4.69, 9.17) is 0 Å². The highest BCUT2D eigenvalue weighted by molar-refractivity contribution is 4.86. The zero-order chi connectivity index (χ0) is 9.10. The van der Waals surface area contributed by atoms with Crippen LogP contribution in [0.25, 0.3) is 0 Å². The van der Waals surface area contributed by atoms with Crippen LogP contribution in [0.3, 0.4) is 0 Å². The van der Waals surface area contributed by atoms with Crippen molar-refractivity contribution in [1.82, 2.24) is 30.2 Å². The Hall–Kier alpha value is -2.05. The van der Waals surface area contributed by atoms with E-state index in [2.05, 4.69) is 25.6 Å². The SMILES string of the molecule is O=c1ccncn1Cc1nn[nH]n1. The Morgan fingerprint density at radius 3 is 3.15 bits per heavy atom. The van der Waals surface area contributed by atoms with Gasteiger partial charge in [0, 0.05) is 12.3 Å². The first-order valence-corrected chi connectivity index (χ1v) is 3.59. The summed E-state index contributed by atoms with van der Waals surface area (Å²) < 4.78 is 1.39. The lowest BCUT2D eigenvalue weighted by Crippen LogP contribution is -2.19. The zero-order valence-corrected chi connectivity index (χ0v) is 6.58. The number of nitrogens with zero attached hydrogens (tertiary/aromatic N) is 5. The van der Waals surface area contributed by atoms with E-state index < -0.39 is 0 Å². The van der Waals surface area contributed by atoms with Gasteiger partial charge in [0.15, 0.2) is 5.82 Å². The maximum atomic E-state index is 11.2. The number of tetrazole rings is 1. The molecule has 2 aromatic rings. The van der Waals surface area contributed by atoms with Crippen molar-refractivity contribution in [2.75, 3.05) is 0 Å². The maximum Gasteiger partial charge on any atom is 0.253 e. The summed E-state index contributed by atoms with van der Waals surface area (Å²) in [5, 5.41) is 13.1. The smallest absolute Gasteiger partial charge is 0.253 e. The summed E-state index contributed by atoms with van der Waals surface area (Å²) in [4.78, 5) is 15.0. The number of H-pyrrole nitrogens is 1. The van der Waals surface area contributed by atoms with Crippen LogP contribution in [0, 0.1) is 0 Å². The minimum Gasteiger partial charge on any atom is -0.291 e. The summed E-state index contributed by atoms with van der Waals surface area (Å²) in [6.45, 7) is 0.281. The molecule has 0 saturated carbocycles. The van der Waals surface area contributed by atoms with Crippen molar-refractivity contribution in [1.29, 1.82) is 0 Å². The molecule has 2 rings (SSSR count). The molecule has 0 unspecified atom stereocenters. The predicted molar refractivity (Wildman–Crippen MR) is 41.8 cm³/mol. The molecule has 0 spiro atoms. The lowest BCUT2D eigenvalue weighted by molar-refractivity contribution is 0.698. The molecule has 0 bridgehead atoms. The van der Waals surface area contributed by atoms with E-state index in [-0.39, 0.29) is 12.1 Å². The van der Waals surface area contributed by atoms with Crippen LogP contribution in [0.1, 0.15) is 5.82 Å². The lowest BCUT2D eigenvalue weighted by Gasteiger charge is -1.97. The van der Waals surface area contributed by atoms with Gasteiger partial charge in [-0.25, -0.2) is 4.98 Å². The summed E-state index contributed by atoms with van der Waals surface area (Å²) in [5.74, 6) is 0.454. The Labute approximate surface area is 72.4 Å². The normalized spacial score (nSPS) is 10.2. The van der Waals surface area contributed by atoms with Crippen LogP contribution in [0.15, 0.2) is 23.4 Å². The fourth-order valence-corrected chi connectivity index (χ4v) is 0.899. The summed E-state index contributed by atoms with van der Waals surface area (Å²) in [6, 6.07) is 1.38. The largest absolute Gasteiger partial charge is 0.291 e. The van der Waals surface area contributed by atoms with E-state index in [0.29, 0.717) is 5.82 Å². The van der Waals surface area contributed by atoms with Gasteiger partial charge < -0.3 is 0 Å². The topological polar surface area (TPSA) is 89.4 Å². The fourth-order valence-electron chi connectivity index (χ4n) is 0.899. The Morgan fingerprint density at radius 1 is 1.54 bits per heavy atom. The van der Waals surface area contributed by atoms with Crippen LogP contribution in [-0.4, -0.2) is 30.2 Å². The highest BCUT2D eigenvalue weighted by atomic mass is 16.1. The molecule has 0 fully saturated rings. The second-order valence-corrected chi connectivity index (χ2v) is 2.37. The van der Waals surface area contributed by atoms with E-state index in [0.717, 1.165) is 0 Å². The molecule has 13 heavy (non-hydrogen) atoms. The van der Waals surface area contributed by atoms with Crippen LogP contribution >= 0.6 is 0 Å². The maximum absolute atomic E-state index is 11.2. The van der Waals surface area contributed by atoms with Gasteiger partial charge >= 0.3 is 0 Å². The molecule has 0 aliphatic carbocycles. The van der Waals surface area contributed by atoms with Crippen LogP contribution in [0.5, 0.6) is 0 Å². The molecule has 0 aromatic carbocycles. The van der Waals surface area contributed by atoms with Crippen molar-refractivity contribution in [2.45, 2.75) is 6.54 Å². The summed E-state index contributed by atoms with van der Waals surface area (Å²) >= 11 is 0. The first kappa shape index (κ1) is 7.59. The molecule has 0 amide bonds. The number of rotatable bonds is 2. The van der Waals surface area contributed by atoms with E-state index in [1.54, 1.807) is 0 Å². The molecule has 0 aliphatic rings. The lowest BCUT2D eigenvalue weighted by atomic mass is 10.5. The molecule has 0 radical (unpaired) electrons. The quantitative estimate of drug-likeness (QED) is 0.624. The summed E-state index contributed by atoms with van der Waals surface area (Å²) in [7, 11) is 0. The minimum absolute atomic E-state index is 0.139. The van der Waals surface area contributed by atoms with Crippen molar-refractivity contribution in [2.24, 2.45) is 0 Å². The van der Waals surface area contributed by atoms with Gasteiger partial charge in [-0.1, -0.05) is 5.21 Å². The van der Waals surface area contributed by atoms with E-state index in [1.807, 2.05) is 0 Å². The van der Waals surface area contributed by atoms with Crippen LogP contribution < -0.4 is 5.56 Å². The number of hydrogen-bond donors (Lipinski definition) is 1. The second kappa shape index (κ2) is 3.13. The Morgan fingerprint density at radius 2 is 2.46 bits per heavy atom.